The Labute approximate surface area is 152 Å². The number of fused-ring (bicyclic) bond motifs is 3. The zero-order chi connectivity index (χ0) is 17.8. The van der Waals surface area contributed by atoms with Gasteiger partial charge in [0.1, 0.15) is 11.3 Å². The molecule has 5 nitrogen and oxygen atoms in total. The number of nitrogens with two attached hydrogens (primary N) is 1. The molecule has 0 aliphatic rings. The van der Waals surface area contributed by atoms with Crippen LogP contribution in [0.3, 0.4) is 0 Å². The average molecular weight is 356 g/mol. The van der Waals surface area contributed by atoms with E-state index in [2.05, 4.69) is 39.9 Å². The standard InChI is InChI=1S/C19H25N5S/c1-4-6-7-16-23-17-18(24(16)11-10-21-25-3)14-9-8-13(5-2)12-15(14)22-19(17)20/h5,8-9,12,21H,2,4,6-7,10-11H2,1,3H3,(H2,20,22). The number of nitrogens with zero attached hydrogens (tertiary/aromatic N) is 3. The van der Waals surface area contributed by atoms with Gasteiger partial charge >= 0.3 is 0 Å². The number of unbranched alkanes of at least 4 members (excludes halogenated alkanes) is 1. The summed E-state index contributed by atoms with van der Waals surface area (Å²) in [7, 11) is 0. The molecule has 0 aliphatic carbocycles. The lowest BCUT2D eigenvalue weighted by Gasteiger charge is -2.11. The summed E-state index contributed by atoms with van der Waals surface area (Å²) in [6, 6.07) is 6.20. The van der Waals surface area contributed by atoms with Crippen molar-refractivity contribution in [2.75, 3.05) is 18.5 Å². The summed E-state index contributed by atoms with van der Waals surface area (Å²) in [5.74, 6) is 1.59. The Hall–Kier alpha value is -2.05. The van der Waals surface area contributed by atoms with Crippen molar-refractivity contribution in [3.05, 3.63) is 36.2 Å². The van der Waals surface area contributed by atoms with Gasteiger partial charge in [0.15, 0.2) is 5.82 Å². The van der Waals surface area contributed by atoms with Crippen LogP contribution in [0, 0.1) is 0 Å². The second kappa shape index (κ2) is 7.89. The highest BCUT2D eigenvalue weighted by Gasteiger charge is 2.17. The molecule has 2 heterocycles. The first-order chi connectivity index (χ1) is 12.2. The quantitative estimate of drug-likeness (QED) is 0.472. The first-order valence-corrected chi connectivity index (χ1v) is 9.88. The molecule has 1 aromatic carbocycles. The van der Waals surface area contributed by atoms with E-state index in [1.54, 1.807) is 11.9 Å². The number of hydrogen-bond acceptors (Lipinski definition) is 5. The van der Waals surface area contributed by atoms with E-state index in [0.717, 1.165) is 65.7 Å². The van der Waals surface area contributed by atoms with Crippen molar-refractivity contribution in [1.29, 1.82) is 0 Å². The Bertz CT molecular complexity index is 900. The molecule has 2 aromatic heterocycles. The number of pyridine rings is 1. The summed E-state index contributed by atoms with van der Waals surface area (Å²) in [5.41, 5.74) is 10.1. The molecule has 6 heteroatoms. The summed E-state index contributed by atoms with van der Waals surface area (Å²) in [6.45, 7) is 7.77. The third kappa shape index (κ3) is 3.50. The molecule has 3 N–H and O–H groups in total. The fourth-order valence-electron chi connectivity index (χ4n) is 3.13. The average Bonchev–Trinajstić information content (AvgIpc) is 2.99. The summed E-state index contributed by atoms with van der Waals surface area (Å²) in [5, 5.41) is 1.09. The van der Waals surface area contributed by atoms with Crippen molar-refractivity contribution in [2.24, 2.45) is 0 Å². The van der Waals surface area contributed by atoms with Crippen LogP contribution in [0.25, 0.3) is 28.0 Å². The molecule has 0 saturated carbocycles. The van der Waals surface area contributed by atoms with Gasteiger partial charge in [-0.15, -0.1) is 0 Å². The highest BCUT2D eigenvalue weighted by molar-refractivity contribution is 7.96. The van der Waals surface area contributed by atoms with E-state index < -0.39 is 0 Å². The van der Waals surface area contributed by atoms with Gasteiger partial charge in [0.25, 0.3) is 0 Å². The lowest BCUT2D eigenvalue weighted by atomic mass is 10.1. The summed E-state index contributed by atoms with van der Waals surface area (Å²) >= 11 is 1.63. The van der Waals surface area contributed by atoms with Crippen LogP contribution in [0.15, 0.2) is 24.8 Å². The van der Waals surface area contributed by atoms with E-state index in [-0.39, 0.29) is 0 Å². The van der Waals surface area contributed by atoms with Crippen LogP contribution in [0.4, 0.5) is 5.82 Å². The van der Waals surface area contributed by atoms with Gasteiger partial charge in [-0.25, -0.2) is 9.97 Å². The van der Waals surface area contributed by atoms with E-state index in [9.17, 15) is 0 Å². The zero-order valence-corrected chi connectivity index (χ0v) is 15.7. The first-order valence-electron chi connectivity index (χ1n) is 8.66. The van der Waals surface area contributed by atoms with Crippen LogP contribution in [-0.4, -0.2) is 27.3 Å². The molecular formula is C19H25N5S. The van der Waals surface area contributed by atoms with Crippen molar-refractivity contribution < 1.29 is 0 Å². The minimum Gasteiger partial charge on any atom is -0.382 e. The number of aryl methyl sites for hydroxylation is 1. The van der Waals surface area contributed by atoms with Gasteiger partial charge in [-0.1, -0.05) is 50.1 Å². The number of nitrogens with one attached hydrogen (secondary N) is 1. The maximum atomic E-state index is 6.25. The predicted molar refractivity (Wildman–Crippen MR) is 110 cm³/mol. The molecule has 0 unspecified atom stereocenters. The lowest BCUT2D eigenvalue weighted by Crippen LogP contribution is -2.15. The van der Waals surface area contributed by atoms with E-state index in [1.807, 2.05) is 18.4 Å². The maximum absolute atomic E-state index is 6.25. The molecule has 132 valence electrons. The Balaban J connectivity index is 2.22. The zero-order valence-electron chi connectivity index (χ0n) is 14.9. The summed E-state index contributed by atoms with van der Waals surface area (Å²) in [6.07, 6.45) is 7.08. The SMILES string of the molecule is C=Cc1ccc2c(c1)nc(N)c1nc(CCCC)n(CCNSC)c12. The normalized spacial score (nSPS) is 11.4. The van der Waals surface area contributed by atoms with Gasteiger partial charge in [0.2, 0.25) is 0 Å². The number of anilines is 1. The molecule has 0 amide bonds. The number of hydrogen-bond donors (Lipinski definition) is 2. The largest absolute Gasteiger partial charge is 0.382 e. The van der Waals surface area contributed by atoms with E-state index in [0.29, 0.717) is 5.82 Å². The van der Waals surface area contributed by atoms with Crippen molar-refractivity contribution >= 4 is 45.8 Å². The van der Waals surface area contributed by atoms with E-state index >= 15 is 0 Å². The highest BCUT2D eigenvalue weighted by Crippen LogP contribution is 2.30. The third-order valence-corrected chi connectivity index (χ3v) is 4.87. The Morgan fingerprint density at radius 1 is 1.36 bits per heavy atom. The van der Waals surface area contributed by atoms with Crippen LogP contribution in [0.5, 0.6) is 0 Å². The molecule has 0 aliphatic heterocycles. The fraction of sp³-hybridized carbons (Fsp3) is 0.368. The molecule has 0 saturated heterocycles. The highest BCUT2D eigenvalue weighted by atomic mass is 32.2. The van der Waals surface area contributed by atoms with Gasteiger partial charge in [-0.3, -0.25) is 4.72 Å². The number of nitrogen functional groups attached to an aromatic ring is 1. The van der Waals surface area contributed by atoms with Gasteiger partial charge in [0.05, 0.1) is 11.0 Å². The van der Waals surface area contributed by atoms with Crippen molar-refractivity contribution in [2.45, 2.75) is 32.7 Å². The Morgan fingerprint density at radius 3 is 2.92 bits per heavy atom. The fourth-order valence-corrected chi connectivity index (χ4v) is 3.42. The maximum Gasteiger partial charge on any atom is 0.152 e. The second-order valence-electron chi connectivity index (χ2n) is 6.06. The number of aromatic nitrogens is 3. The van der Waals surface area contributed by atoms with Crippen LogP contribution in [0.1, 0.15) is 31.2 Å². The number of imidazole rings is 1. The smallest absolute Gasteiger partial charge is 0.152 e. The topological polar surface area (TPSA) is 68.8 Å². The number of rotatable bonds is 8. The van der Waals surface area contributed by atoms with Crippen molar-refractivity contribution in [3.8, 4) is 0 Å². The molecular weight excluding hydrogens is 330 g/mol. The van der Waals surface area contributed by atoms with Crippen LogP contribution in [0.2, 0.25) is 0 Å². The van der Waals surface area contributed by atoms with Crippen LogP contribution < -0.4 is 10.5 Å². The van der Waals surface area contributed by atoms with E-state index in [1.165, 1.54) is 0 Å². The Kier molecular flexibility index (Phi) is 5.60. The lowest BCUT2D eigenvalue weighted by molar-refractivity contribution is 0.641. The minimum atomic E-state index is 0.498. The molecule has 3 aromatic rings. The van der Waals surface area contributed by atoms with Gasteiger partial charge in [-0.05, 0) is 24.3 Å². The molecule has 0 spiro atoms. The summed E-state index contributed by atoms with van der Waals surface area (Å²) in [4.78, 5) is 9.42. The van der Waals surface area contributed by atoms with Crippen LogP contribution >= 0.6 is 11.9 Å². The number of benzene rings is 1. The Morgan fingerprint density at radius 2 is 2.20 bits per heavy atom. The van der Waals surface area contributed by atoms with Gasteiger partial charge in [-0.2, -0.15) is 0 Å². The summed E-state index contributed by atoms with van der Waals surface area (Å²) < 4.78 is 5.63. The monoisotopic (exact) mass is 355 g/mol. The van der Waals surface area contributed by atoms with Gasteiger partial charge < -0.3 is 10.3 Å². The molecule has 0 radical (unpaired) electrons. The third-order valence-electron chi connectivity index (χ3n) is 4.38. The van der Waals surface area contributed by atoms with E-state index in [4.69, 9.17) is 10.7 Å². The molecule has 0 bridgehead atoms. The van der Waals surface area contributed by atoms with Gasteiger partial charge in [0, 0.05) is 24.9 Å². The predicted octanol–water partition coefficient (Wildman–Crippen LogP) is 4.02. The van der Waals surface area contributed by atoms with Crippen LogP contribution in [-0.2, 0) is 13.0 Å². The van der Waals surface area contributed by atoms with Crippen molar-refractivity contribution in [1.82, 2.24) is 19.3 Å². The van der Waals surface area contributed by atoms with Crippen molar-refractivity contribution in [3.63, 3.8) is 0 Å². The molecule has 0 fully saturated rings. The molecule has 0 atom stereocenters. The molecule has 25 heavy (non-hydrogen) atoms. The minimum absolute atomic E-state index is 0.498. The first kappa shape index (κ1) is 17.8. The second-order valence-corrected chi connectivity index (χ2v) is 6.75. The molecule has 3 rings (SSSR count).